The van der Waals surface area contributed by atoms with Crippen molar-refractivity contribution < 1.29 is 0 Å². The Morgan fingerprint density at radius 2 is 2.13 bits per heavy atom. The van der Waals surface area contributed by atoms with Crippen LogP contribution in [0.1, 0.15) is 20.3 Å². The minimum Gasteiger partial charge on any atom is -0.330 e. The third-order valence-corrected chi connectivity index (χ3v) is 3.05. The zero-order chi connectivity index (χ0) is 11.3. The zero-order valence-electron chi connectivity index (χ0n) is 10.2. The molecule has 1 rings (SSSR count). The van der Waals surface area contributed by atoms with E-state index in [1.807, 2.05) is 0 Å². The lowest BCUT2D eigenvalue weighted by Gasteiger charge is -2.40. The molecule has 4 heteroatoms. The van der Waals surface area contributed by atoms with E-state index in [1.165, 1.54) is 0 Å². The normalized spacial score (nSPS) is 26.8. The van der Waals surface area contributed by atoms with Gasteiger partial charge in [0.2, 0.25) is 0 Å². The highest BCUT2D eigenvalue weighted by atomic mass is 15.3. The lowest BCUT2D eigenvalue weighted by Crippen LogP contribution is -2.54. The lowest BCUT2D eigenvalue weighted by molar-refractivity contribution is 0.0797. The Balaban J connectivity index is 2.27. The summed E-state index contributed by atoms with van der Waals surface area (Å²) in [4.78, 5) is 5.00. The molecule has 0 aromatic heterocycles. The molecule has 4 N–H and O–H groups in total. The number of rotatable bonds is 5. The summed E-state index contributed by atoms with van der Waals surface area (Å²) in [6.45, 7) is 10.8. The largest absolute Gasteiger partial charge is 0.330 e. The van der Waals surface area contributed by atoms with Gasteiger partial charge in [-0.05, 0) is 33.4 Å². The molecule has 0 aromatic carbocycles. The second kappa shape index (κ2) is 6.43. The van der Waals surface area contributed by atoms with E-state index < -0.39 is 0 Å². The Kier molecular flexibility index (Phi) is 5.53. The van der Waals surface area contributed by atoms with Crippen molar-refractivity contribution in [2.75, 3.05) is 39.3 Å². The molecule has 90 valence electrons. The van der Waals surface area contributed by atoms with Crippen LogP contribution in [0, 0.1) is 0 Å². The van der Waals surface area contributed by atoms with Crippen molar-refractivity contribution in [1.82, 2.24) is 9.80 Å². The van der Waals surface area contributed by atoms with E-state index in [2.05, 4.69) is 23.6 Å². The van der Waals surface area contributed by atoms with Gasteiger partial charge in [0, 0.05) is 38.3 Å². The van der Waals surface area contributed by atoms with Crippen molar-refractivity contribution in [1.29, 1.82) is 0 Å². The van der Waals surface area contributed by atoms with E-state index in [1.54, 1.807) is 0 Å². The molecule has 2 unspecified atom stereocenters. The predicted molar refractivity (Wildman–Crippen MR) is 64.8 cm³/mol. The maximum Gasteiger partial charge on any atom is 0.0196 e. The number of hydrogen-bond donors (Lipinski definition) is 2. The number of nitrogens with zero attached hydrogens (tertiary/aromatic N) is 2. The summed E-state index contributed by atoms with van der Waals surface area (Å²) >= 11 is 0. The van der Waals surface area contributed by atoms with E-state index in [9.17, 15) is 0 Å². The maximum atomic E-state index is 5.83. The smallest absolute Gasteiger partial charge is 0.0196 e. The van der Waals surface area contributed by atoms with Crippen LogP contribution in [0.2, 0.25) is 0 Å². The van der Waals surface area contributed by atoms with Gasteiger partial charge in [-0.3, -0.25) is 4.90 Å². The Labute approximate surface area is 93.6 Å². The second-order valence-corrected chi connectivity index (χ2v) is 4.76. The van der Waals surface area contributed by atoms with Gasteiger partial charge in [-0.25, -0.2) is 0 Å². The molecule has 0 saturated carbocycles. The third kappa shape index (κ3) is 4.47. The molecule has 4 nitrogen and oxygen atoms in total. The molecule has 0 amide bonds. The summed E-state index contributed by atoms with van der Waals surface area (Å²) in [7, 11) is 0. The first-order chi connectivity index (χ1) is 7.13. The highest BCUT2D eigenvalue weighted by Crippen LogP contribution is 2.09. The molecule has 0 aliphatic carbocycles. The van der Waals surface area contributed by atoms with Crippen LogP contribution in [0.3, 0.4) is 0 Å². The first-order valence-corrected chi connectivity index (χ1v) is 6.05. The van der Waals surface area contributed by atoms with E-state index in [-0.39, 0.29) is 6.04 Å². The molecule has 1 aliphatic rings. The molecule has 2 atom stereocenters. The van der Waals surface area contributed by atoms with E-state index in [0.717, 1.165) is 45.7 Å². The predicted octanol–water partition coefficient (Wildman–Crippen LogP) is -0.311. The highest BCUT2D eigenvalue weighted by molar-refractivity contribution is 4.80. The molecule has 0 aromatic rings. The van der Waals surface area contributed by atoms with Crippen molar-refractivity contribution in [3.63, 3.8) is 0 Å². The summed E-state index contributed by atoms with van der Waals surface area (Å²) in [5.74, 6) is 0. The fraction of sp³-hybridized carbons (Fsp3) is 1.00. The summed E-state index contributed by atoms with van der Waals surface area (Å²) in [6, 6.07) is 0.908. The summed E-state index contributed by atoms with van der Waals surface area (Å²) in [6.07, 6.45) is 1.11. The van der Waals surface area contributed by atoms with Gasteiger partial charge in [-0.15, -0.1) is 0 Å². The van der Waals surface area contributed by atoms with E-state index in [4.69, 9.17) is 11.5 Å². The summed E-state index contributed by atoms with van der Waals surface area (Å²) in [5.41, 5.74) is 11.3. The average Bonchev–Trinajstić information content (AvgIpc) is 2.18. The van der Waals surface area contributed by atoms with Gasteiger partial charge in [0.15, 0.2) is 0 Å². The quantitative estimate of drug-likeness (QED) is 0.659. The first kappa shape index (κ1) is 12.9. The second-order valence-electron chi connectivity index (χ2n) is 4.76. The number of piperazine rings is 1. The molecular formula is C11H26N4. The third-order valence-electron chi connectivity index (χ3n) is 3.05. The van der Waals surface area contributed by atoms with E-state index in [0.29, 0.717) is 6.04 Å². The number of hydrogen-bond acceptors (Lipinski definition) is 4. The molecule has 15 heavy (non-hydrogen) atoms. The van der Waals surface area contributed by atoms with E-state index >= 15 is 0 Å². The highest BCUT2D eigenvalue weighted by Gasteiger charge is 2.23. The van der Waals surface area contributed by atoms with Crippen molar-refractivity contribution >= 4 is 0 Å². The molecule has 0 spiro atoms. The topological polar surface area (TPSA) is 58.5 Å². The first-order valence-electron chi connectivity index (χ1n) is 6.05. The molecule has 0 radical (unpaired) electrons. The van der Waals surface area contributed by atoms with Crippen LogP contribution in [-0.4, -0.2) is 61.2 Å². The fourth-order valence-corrected chi connectivity index (χ4v) is 2.23. The van der Waals surface area contributed by atoms with Crippen molar-refractivity contribution in [2.45, 2.75) is 32.4 Å². The molecule has 0 bridgehead atoms. The van der Waals surface area contributed by atoms with Crippen LogP contribution >= 0.6 is 0 Å². The molecule has 1 saturated heterocycles. The monoisotopic (exact) mass is 214 g/mol. The fourth-order valence-electron chi connectivity index (χ4n) is 2.23. The van der Waals surface area contributed by atoms with Gasteiger partial charge >= 0.3 is 0 Å². The minimum absolute atomic E-state index is 0.281. The number of nitrogens with two attached hydrogens (primary N) is 2. The molecule has 1 heterocycles. The Morgan fingerprint density at radius 1 is 1.40 bits per heavy atom. The van der Waals surface area contributed by atoms with Gasteiger partial charge in [-0.2, -0.15) is 0 Å². The van der Waals surface area contributed by atoms with Crippen LogP contribution in [0.25, 0.3) is 0 Å². The van der Waals surface area contributed by atoms with Gasteiger partial charge in [0.05, 0.1) is 0 Å². The SMILES string of the molecule is CC(N)CN1CCN(CCCN)CC1C. The maximum absolute atomic E-state index is 5.83. The van der Waals surface area contributed by atoms with Crippen LogP contribution < -0.4 is 11.5 Å². The Morgan fingerprint density at radius 3 is 2.67 bits per heavy atom. The molecular weight excluding hydrogens is 188 g/mol. The zero-order valence-corrected chi connectivity index (χ0v) is 10.2. The average molecular weight is 214 g/mol. The molecule has 1 fully saturated rings. The Bertz CT molecular complexity index is 172. The van der Waals surface area contributed by atoms with Crippen molar-refractivity contribution in [3.8, 4) is 0 Å². The van der Waals surface area contributed by atoms with Crippen molar-refractivity contribution in [3.05, 3.63) is 0 Å². The van der Waals surface area contributed by atoms with Crippen LogP contribution in [0.5, 0.6) is 0 Å². The van der Waals surface area contributed by atoms with Crippen LogP contribution in [-0.2, 0) is 0 Å². The van der Waals surface area contributed by atoms with Crippen molar-refractivity contribution in [2.24, 2.45) is 11.5 Å². The van der Waals surface area contributed by atoms with Crippen LogP contribution in [0.15, 0.2) is 0 Å². The lowest BCUT2D eigenvalue weighted by atomic mass is 10.1. The van der Waals surface area contributed by atoms with Gasteiger partial charge < -0.3 is 16.4 Å². The summed E-state index contributed by atoms with van der Waals surface area (Å²) < 4.78 is 0. The van der Waals surface area contributed by atoms with Gasteiger partial charge in [-0.1, -0.05) is 0 Å². The Hall–Kier alpha value is -0.160. The standard InChI is InChI=1S/C11H26N4/c1-10(13)8-15-7-6-14(5-3-4-12)9-11(15)2/h10-11H,3-9,12-13H2,1-2H3. The minimum atomic E-state index is 0.281. The van der Waals surface area contributed by atoms with Gasteiger partial charge in [0.1, 0.15) is 0 Å². The van der Waals surface area contributed by atoms with Crippen LogP contribution in [0.4, 0.5) is 0 Å². The molecule has 1 aliphatic heterocycles. The summed E-state index contributed by atoms with van der Waals surface area (Å²) in [5, 5.41) is 0. The van der Waals surface area contributed by atoms with Gasteiger partial charge in [0.25, 0.3) is 0 Å².